The van der Waals surface area contributed by atoms with Gasteiger partial charge in [-0.05, 0) is 45.2 Å². The van der Waals surface area contributed by atoms with E-state index < -0.39 is 12.1 Å². The molecule has 1 saturated heterocycles. The van der Waals surface area contributed by atoms with Crippen LogP contribution in [0.5, 0.6) is 0 Å². The number of nitrogens with zero attached hydrogens (tertiary/aromatic N) is 1. The summed E-state index contributed by atoms with van der Waals surface area (Å²) in [5, 5.41) is 2.84. The van der Waals surface area contributed by atoms with E-state index in [4.69, 9.17) is 6.42 Å². The number of carbonyl (C=O) groups excluding carboxylic acids is 1. The van der Waals surface area contributed by atoms with Crippen molar-refractivity contribution in [2.45, 2.75) is 50.7 Å². The van der Waals surface area contributed by atoms with Gasteiger partial charge < -0.3 is 5.32 Å². The van der Waals surface area contributed by atoms with Gasteiger partial charge in [0.05, 0.1) is 12.5 Å². The number of rotatable bonds is 3. The standard InChI is InChI=1S/C16H23F3N2O/c1-2-8-21-9-6-12(7-10-21)15(22)20-14-5-3-4-13(11-14)16(17,18)19/h1,12-14H,3-11H2,(H,20,22). The van der Waals surface area contributed by atoms with Gasteiger partial charge >= 0.3 is 6.18 Å². The largest absolute Gasteiger partial charge is 0.391 e. The molecule has 6 heteroatoms. The number of piperidine rings is 1. The molecule has 1 aliphatic heterocycles. The fourth-order valence-electron chi connectivity index (χ4n) is 3.42. The van der Waals surface area contributed by atoms with E-state index in [0.717, 1.165) is 25.9 Å². The molecule has 1 aliphatic carbocycles. The Bertz CT molecular complexity index is 422. The van der Waals surface area contributed by atoms with Crippen molar-refractivity contribution in [1.82, 2.24) is 10.2 Å². The minimum Gasteiger partial charge on any atom is -0.353 e. The molecule has 0 spiro atoms. The summed E-state index contributed by atoms with van der Waals surface area (Å²) in [5.41, 5.74) is 0. The zero-order valence-electron chi connectivity index (χ0n) is 12.7. The Labute approximate surface area is 129 Å². The number of carbonyl (C=O) groups is 1. The van der Waals surface area contributed by atoms with Crippen LogP contribution < -0.4 is 5.32 Å². The first-order valence-electron chi connectivity index (χ1n) is 7.93. The van der Waals surface area contributed by atoms with Crippen LogP contribution in [0.25, 0.3) is 0 Å². The summed E-state index contributed by atoms with van der Waals surface area (Å²) in [6.07, 6.45) is 3.93. The van der Waals surface area contributed by atoms with Crippen LogP contribution in [0.15, 0.2) is 0 Å². The Morgan fingerprint density at radius 3 is 2.50 bits per heavy atom. The van der Waals surface area contributed by atoms with Crippen molar-refractivity contribution in [3.05, 3.63) is 0 Å². The zero-order chi connectivity index (χ0) is 16.2. The fraction of sp³-hybridized carbons (Fsp3) is 0.812. The minimum absolute atomic E-state index is 0.0190. The quantitative estimate of drug-likeness (QED) is 0.812. The van der Waals surface area contributed by atoms with E-state index in [1.54, 1.807) is 0 Å². The van der Waals surface area contributed by atoms with E-state index in [2.05, 4.69) is 16.1 Å². The van der Waals surface area contributed by atoms with Crippen LogP contribution in [-0.2, 0) is 4.79 Å². The molecule has 0 radical (unpaired) electrons. The molecule has 3 nitrogen and oxygen atoms in total. The second-order valence-corrected chi connectivity index (χ2v) is 6.37. The van der Waals surface area contributed by atoms with Gasteiger partial charge in [0, 0.05) is 12.0 Å². The van der Waals surface area contributed by atoms with Gasteiger partial charge in [-0.1, -0.05) is 12.3 Å². The van der Waals surface area contributed by atoms with Gasteiger partial charge in [0.2, 0.25) is 5.91 Å². The number of amides is 1. The number of terminal acetylenes is 1. The van der Waals surface area contributed by atoms with Gasteiger partial charge in [-0.25, -0.2) is 0 Å². The van der Waals surface area contributed by atoms with E-state index >= 15 is 0 Å². The molecule has 2 rings (SSSR count). The molecule has 124 valence electrons. The maximum absolute atomic E-state index is 12.8. The maximum atomic E-state index is 12.8. The van der Waals surface area contributed by atoms with E-state index in [1.807, 2.05) is 0 Å². The van der Waals surface area contributed by atoms with Gasteiger partial charge in [-0.2, -0.15) is 13.2 Å². The molecular weight excluding hydrogens is 293 g/mol. The molecule has 0 bridgehead atoms. The SMILES string of the molecule is C#CCN1CCC(C(=O)NC2CCCC(C(F)(F)F)C2)CC1. The number of alkyl halides is 3. The lowest BCUT2D eigenvalue weighted by molar-refractivity contribution is -0.184. The smallest absolute Gasteiger partial charge is 0.353 e. The molecule has 22 heavy (non-hydrogen) atoms. The Morgan fingerprint density at radius 2 is 1.91 bits per heavy atom. The fourth-order valence-corrected chi connectivity index (χ4v) is 3.42. The van der Waals surface area contributed by atoms with Crippen molar-refractivity contribution in [3.8, 4) is 12.3 Å². The molecule has 2 fully saturated rings. The lowest BCUT2D eigenvalue weighted by Crippen LogP contribution is -2.46. The van der Waals surface area contributed by atoms with Crippen LogP contribution in [0.1, 0.15) is 38.5 Å². The molecule has 2 unspecified atom stereocenters. The lowest BCUT2D eigenvalue weighted by Gasteiger charge is -2.34. The molecule has 2 aliphatic rings. The van der Waals surface area contributed by atoms with E-state index in [-0.39, 0.29) is 30.7 Å². The summed E-state index contributed by atoms with van der Waals surface area (Å²) in [5.74, 6) is 1.12. The van der Waals surface area contributed by atoms with Crippen molar-refractivity contribution in [1.29, 1.82) is 0 Å². The average Bonchev–Trinajstić information content (AvgIpc) is 2.48. The van der Waals surface area contributed by atoms with Crippen molar-refractivity contribution in [3.63, 3.8) is 0 Å². The minimum atomic E-state index is -4.15. The number of hydrogen-bond donors (Lipinski definition) is 1. The molecule has 0 aromatic heterocycles. The summed E-state index contributed by atoms with van der Waals surface area (Å²) >= 11 is 0. The summed E-state index contributed by atoms with van der Waals surface area (Å²) < 4.78 is 38.4. The summed E-state index contributed by atoms with van der Waals surface area (Å²) in [6, 6.07) is -0.336. The van der Waals surface area contributed by atoms with Gasteiger partial charge in [-0.3, -0.25) is 9.69 Å². The van der Waals surface area contributed by atoms with Crippen LogP contribution in [0, 0.1) is 24.2 Å². The molecule has 1 N–H and O–H groups in total. The van der Waals surface area contributed by atoms with Crippen LogP contribution in [0.3, 0.4) is 0 Å². The number of hydrogen-bond acceptors (Lipinski definition) is 2. The van der Waals surface area contributed by atoms with E-state index in [0.29, 0.717) is 19.4 Å². The average molecular weight is 316 g/mol. The van der Waals surface area contributed by atoms with Crippen LogP contribution in [0.4, 0.5) is 13.2 Å². The highest BCUT2D eigenvalue weighted by molar-refractivity contribution is 5.79. The summed E-state index contributed by atoms with van der Waals surface area (Å²) in [4.78, 5) is 14.4. The molecule has 0 aromatic carbocycles. The molecular formula is C16H23F3N2O. The van der Waals surface area contributed by atoms with E-state index in [9.17, 15) is 18.0 Å². The van der Waals surface area contributed by atoms with Crippen molar-refractivity contribution >= 4 is 5.91 Å². The van der Waals surface area contributed by atoms with Gasteiger partial charge in [-0.15, -0.1) is 6.42 Å². The molecule has 1 heterocycles. The van der Waals surface area contributed by atoms with Gasteiger partial charge in [0.15, 0.2) is 0 Å². The summed E-state index contributed by atoms with van der Waals surface area (Å²) in [7, 11) is 0. The first kappa shape index (κ1) is 17.1. The monoisotopic (exact) mass is 316 g/mol. The highest BCUT2D eigenvalue weighted by Gasteiger charge is 2.42. The van der Waals surface area contributed by atoms with Crippen LogP contribution >= 0.6 is 0 Å². The van der Waals surface area contributed by atoms with Crippen molar-refractivity contribution in [2.75, 3.05) is 19.6 Å². The molecule has 1 saturated carbocycles. The topological polar surface area (TPSA) is 32.3 Å². The Morgan fingerprint density at radius 1 is 1.23 bits per heavy atom. The van der Waals surface area contributed by atoms with Gasteiger partial charge in [0.25, 0.3) is 0 Å². The normalized spacial score (nSPS) is 28.1. The molecule has 2 atom stereocenters. The van der Waals surface area contributed by atoms with Gasteiger partial charge in [0.1, 0.15) is 0 Å². The third kappa shape index (κ3) is 4.64. The Balaban J connectivity index is 1.79. The number of likely N-dealkylation sites (tertiary alicyclic amines) is 1. The third-order valence-electron chi connectivity index (χ3n) is 4.76. The second kappa shape index (κ2) is 7.36. The Kier molecular flexibility index (Phi) is 5.74. The van der Waals surface area contributed by atoms with Crippen LogP contribution in [-0.4, -0.2) is 42.7 Å². The van der Waals surface area contributed by atoms with Crippen molar-refractivity contribution < 1.29 is 18.0 Å². The highest BCUT2D eigenvalue weighted by atomic mass is 19.4. The van der Waals surface area contributed by atoms with E-state index in [1.165, 1.54) is 0 Å². The first-order valence-corrected chi connectivity index (χ1v) is 7.93. The molecule has 1 amide bonds. The van der Waals surface area contributed by atoms with Crippen LogP contribution in [0.2, 0.25) is 0 Å². The lowest BCUT2D eigenvalue weighted by atomic mass is 9.84. The number of nitrogens with one attached hydrogen (secondary N) is 1. The maximum Gasteiger partial charge on any atom is 0.391 e. The first-order chi connectivity index (χ1) is 10.4. The number of halogens is 3. The predicted molar refractivity (Wildman–Crippen MR) is 77.9 cm³/mol. The highest BCUT2D eigenvalue weighted by Crippen LogP contribution is 2.37. The molecule has 0 aromatic rings. The van der Waals surface area contributed by atoms with Crippen molar-refractivity contribution in [2.24, 2.45) is 11.8 Å². The predicted octanol–water partition coefficient (Wildman–Crippen LogP) is 2.57. The second-order valence-electron chi connectivity index (χ2n) is 6.37. The third-order valence-corrected chi connectivity index (χ3v) is 4.76. The summed E-state index contributed by atoms with van der Waals surface area (Å²) in [6.45, 7) is 2.14. The Hall–Kier alpha value is -1.22. The zero-order valence-corrected chi connectivity index (χ0v) is 12.7.